The molecule has 1 unspecified atom stereocenters. The first-order valence-corrected chi connectivity index (χ1v) is 8.20. The summed E-state index contributed by atoms with van der Waals surface area (Å²) in [7, 11) is -3.70. The highest BCUT2D eigenvalue weighted by Gasteiger charge is 2.24. The van der Waals surface area contributed by atoms with Gasteiger partial charge in [0.2, 0.25) is 10.0 Å². The molecule has 0 bridgehead atoms. The average molecular weight is 335 g/mol. The normalized spacial score (nSPS) is 18.5. The van der Waals surface area contributed by atoms with Crippen LogP contribution in [0.4, 0.5) is 8.78 Å². The number of nitrogens with one attached hydrogen (secondary N) is 1. The van der Waals surface area contributed by atoms with Gasteiger partial charge in [0.25, 0.3) is 0 Å². The summed E-state index contributed by atoms with van der Waals surface area (Å²) in [5, 5.41) is 8.69. The topological polar surface area (TPSA) is 92.7 Å². The Balaban J connectivity index is 2.06. The number of sulfonamides is 1. The van der Waals surface area contributed by atoms with Crippen LogP contribution in [0.1, 0.15) is 22.3 Å². The molecule has 0 amide bonds. The van der Waals surface area contributed by atoms with Crippen molar-refractivity contribution in [3.05, 3.63) is 34.9 Å². The van der Waals surface area contributed by atoms with E-state index in [0.29, 0.717) is 31.8 Å². The van der Waals surface area contributed by atoms with Gasteiger partial charge in [-0.3, -0.25) is 0 Å². The zero-order valence-electron chi connectivity index (χ0n) is 11.5. The van der Waals surface area contributed by atoms with Crippen molar-refractivity contribution in [2.24, 2.45) is 5.92 Å². The van der Waals surface area contributed by atoms with E-state index in [1.165, 1.54) is 0 Å². The second kappa shape index (κ2) is 6.67. The molecule has 0 aromatic heterocycles. The lowest BCUT2D eigenvalue weighted by atomic mass is 10.1. The Morgan fingerprint density at radius 1 is 1.36 bits per heavy atom. The Kier molecular flexibility index (Phi) is 5.09. The number of hydrogen-bond acceptors (Lipinski definition) is 4. The minimum Gasteiger partial charge on any atom is -0.478 e. The fourth-order valence-corrected chi connectivity index (χ4v) is 3.53. The van der Waals surface area contributed by atoms with Crippen LogP contribution < -0.4 is 4.72 Å². The molecule has 0 saturated carbocycles. The number of hydrogen-bond donors (Lipinski definition) is 2. The molecule has 1 aliphatic heterocycles. The van der Waals surface area contributed by atoms with Gasteiger partial charge in [-0.25, -0.2) is 26.7 Å². The summed E-state index contributed by atoms with van der Waals surface area (Å²) in [6.45, 7) is 0.268. The molecule has 9 heteroatoms. The van der Waals surface area contributed by atoms with Gasteiger partial charge in [-0.2, -0.15) is 0 Å². The maximum absolute atomic E-state index is 13.7. The van der Waals surface area contributed by atoms with Crippen molar-refractivity contribution in [3.8, 4) is 0 Å². The molecule has 1 saturated heterocycles. The van der Waals surface area contributed by atoms with E-state index >= 15 is 0 Å². The van der Waals surface area contributed by atoms with Crippen LogP contribution in [0.5, 0.6) is 0 Å². The predicted octanol–water partition coefficient (Wildman–Crippen LogP) is 1.12. The Hall–Kier alpha value is -1.58. The van der Waals surface area contributed by atoms with Gasteiger partial charge in [0.15, 0.2) is 0 Å². The van der Waals surface area contributed by atoms with Gasteiger partial charge in [0.1, 0.15) is 11.6 Å². The molecule has 0 spiro atoms. The number of halogens is 2. The van der Waals surface area contributed by atoms with Gasteiger partial charge < -0.3 is 9.84 Å². The fourth-order valence-electron chi connectivity index (χ4n) is 2.16. The average Bonchev–Trinajstić information content (AvgIpc) is 2.89. The van der Waals surface area contributed by atoms with E-state index < -0.39 is 45.3 Å². The Labute approximate surface area is 126 Å². The van der Waals surface area contributed by atoms with Gasteiger partial charge in [0.05, 0.1) is 17.9 Å². The molecule has 0 aliphatic carbocycles. The molecular formula is C13H15F2NO5S. The van der Waals surface area contributed by atoms with Gasteiger partial charge in [-0.15, -0.1) is 0 Å². The quantitative estimate of drug-likeness (QED) is 0.813. The van der Waals surface area contributed by atoms with Crippen molar-refractivity contribution >= 4 is 16.0 Å². The van der Waals surface area contributed by atoms with Crippen LogP contribution in [0.2, 0.25) is 0 Å². The smallest absolute Gasteiger partial charge is 0.335 e. The Morgan fingerprint density at radius 2 is 2.00 bits per heavy atom. The molecule has 0 radical (unpaired) electrons. The van der Waals surface area contributed by atoms with Crippen molar-refractivity contribution < 1.29 is 31.8 Å². The molecular weight excluding hydrogens is 320 g/mol. The summed E-state index contributed by atoms with van der Waals surface area (Å²) >= 11 is 0. The molecule has 22 heavy (non-hydrogen) atoms. The Bertz CT molecular complexity index is 648. The highest BCUT2D eigenvalue weighted by molar-refractivity contribution is 7.89. The first-order valence-electron chi connectivity index (χ1n) is 6.55. The molecule has 1 heterocycles. The largest absolute Gasteiger partial charge is 0.478 e. The minimum atomic E-state index is -3.70. The van der Waals surface area contributed by atoms with Crippen LogP contribution in [0.25, 0.3) is 0 Å². The third kappa shape index (κ3) is 4.21. The third-order valence-electron chi connectivity index (χ3n) is 3.34. The second-order valence-corrected chi connectivity index (χ2v) is 6.91. The second-order valence-electron chi connectivity index (χ2n) is 5.06. The molecule has 2 N–H and O–H groups in total. The summed E-state index contributed by atoms with van der Waals surface area (Å²) in [6, 6.07) is 1.31. The van der Waals surface area contributed by atoms with Gasteiger partial charge >= 0.3 is 5.97 Å². The molecule has 1 fully saturated rings. The molecule has 1 aromatic carbocycles. The SMILES string of the molecule is O=C(O)c1cc(F)c(CNS(=O)(=O)CC2CCOC2)c(F)c1. The third-order valence-corrected chi connectivity index (χ3v) is 4.83. The number of carboxylic acid groups (broad SMARTS) is 1. The van der Waals surface area contributed by atoms with Crippen LogP contribution in [0.15, 0.2) is 12.1 Å². The highest BCUT2D eigenvalue weighted by Crippen LogP contribution is 2.17. The maximum atomic E-state index is 13.7. The summed E-state index contributed by atoms with van der Waals surface area (Å²) < 4.78 is 58.3. The van der Waals surface area contributed by atoms with Crippen LogP contribution in [-0.2, 0) is 21.3 Å². The van der Waals surface area contributed by atoms with Crippen molar-refractivity contribution in [3.63, 3.8) is 0 Å². The van der Waals surface area contributed by atoms with E-state index in [1.54, 1.807) is 0 Å². The van der Waals surface area contributed by atoms with Gasteiger partial charge in [-0.05, 0) is 24.5 Å². The van der Waals surface area contributed by atoms with E-state index in [4.69, 9.17) is 9.84 Å². The standard InChI is InChI=1S/C13H15F2NO5S/c14-11-3-9(13(17)18)4-12(15)10(11)5-16-22(19,20)7-8-1-2-21-6-8/h3-4,8,16H,1-2,5-7H2,(H,17,18). The number of ether oxygens (including phenoxy) is 1. The lowest BCUT2D eigenvalue weighted by Gasteiger charge is -2.11. The molecule has 1 aliphatic rings. The van der Waals surface area contributed by atoms with Crippen LogP contribution >= 0.6 is 0 Å². The number of carbonyl (C=O) groups is 1. The molecule has 1 aromatic rings. The zero-order valence-corrected chi connectivity index (χ0v) is 12.3. The monoisotopic (exact) mass is 335 g/mol. The van der Waals surface area contributed by atoms with E-state index in [9.17, 15) is 22.0 Å². The van der Waals surface area contributed by atoms with Crippen molar-refractivity contribution in [2.45, 2.75) is 13.0 Å². The van der Waals surface area contributed by atoms with E-state index in [0.717, 1.165) is 0 Å². The number of benzene rings is 1. The van der Waals surface area contributed by atoms with Gasteiger partial charge in [-0.1, -0.05) is 0 Å². The van der Waals surface area contributed by atoms with Crippen LogP contribution in [0.3, 0.4) is 0 Å². The molecule has 2 rings (SSSR count). The van der Waals surface area contributed by atoms with Crippen molar-refractivity contribution in [2.75, 3.05) is 19.0 Å². The minimum absolute atomic E-state index is 0.137. The predicted molar refractivity (Wildman–Crippen MR) is 72.9 cm³/mol. The first kappa shape index (κ1) is 16.8. The van der Waals surface area contributed by atoms with E-state index in [-0.39, 0.29) is 11.7 Å². The highest BCUT2D eigenvalue weighted by atomic mass is 32.2. The van der Waals surface area contributed by atoms with Crippen molar-refractivity contribution in [1.82, 2.24) is 4.72 Å². The lowest BCUT2D eigenvalue weighted by Crippen LogP contribution is -2.30. The van der Waals surface area contributed by atoms with E-state index in [1.807, 2.05) is 0 Å². The fraction of sp³-hybridized carbons (Fsp3) is 0.462. The number of aromatic carboxylic acids is 1. The molecule has 1 atom stereocenters. The number of carboxylic acids is 1. The molecule has 122 valence electrons. The van der Waals surface area contributed by atoms with Crippen LogP contribution in [0, 0.1) is 17.6 Å². The Morgan fingerprint density at radius 3 is 2.50 bits per heavy atom. The summed E-state index contributed by atoms with van der Waals surface area (Å²) in [5.74, 6) is -4.00. The van der Waals surface area contributed by atoms with Gasteiger partial charge in [0, 0.05) is 18.7 Å². The molecule has 6 nitrogen and oxygen atoms in total. The number of rotatable bonds is 6. The zero-order chi connectivity index (χ0) is 16.3. The maximum Gasteiger partial charge on any atom is 0.335 e. The summed E-state index contributed by atoms with van der Waals surface area (Å²) in [6.07, 6.45) is 0.622. The van der Waals surface area contributed by atoms with Crippen LogP contribution in [-0.4, -0.2) is 38.5 Å². The van der Waals surface area contributed by atoms with Crippen molar-refractivity contribution in [1.29, 1.82) is 0 Å². The summed E-state index contributed by atoms with van der Waals surface area (Å²) in [4.78, 5) is 10.7. The lowest BCUT2D eigenvalue weighted by molar-refractivity contribution is 0.0695. The summed E-state index contributed by atoms with van der Waals surface area (Å²) in [5.41, 5.74) is -1.05. The van der Waals surface area contributed by atoms with E-state index in [2.05, 4.69) is 4.72 Å². The first-order chi connectivity index (χ1) is 10.3.